The molecule has 0 spiro atoms. The fourth-order valence-electron chi connectivity index (χ4n) is 2.98. The Morgan fingerprint density at radius 2 is 1.89 bits per heavy atom. The molecule has 1 atom stereocenters. The van der Waals surface area contributed by atoms with Gasteiger partial charge in [0.05, 0.1) is 16.1 Å². The number of rotatable bonds is 5. The van der Waals surface area contributed by atoms with Crippen LogP contribution in [0.1, 0.15) is 16.7 Å². The van der Waals surface area contributed by atoms with Crippen LogP contribution < -0.4 is 5.32 Å². The van der Waals surface area contributed by atoms with E-state index in [2.05, 4.69) is 5.32 Å². The summed E-state index contributed by atoms with van der Waals surface area (Å²) < 4.78 is 44.6. The molecule has 3 rings (SSSR count). The third kappa shape index (κ3) is 3.83. The molecule has 146 valence electrons. The van der Waals surface area contributed by atoms with Gasteiger partial charge in [-0.2, -0.15) is 13.2 Å². The Kier molecular flexibility index (Phi) is 5.08. The topological polar surface area (TPSA) is 81.5 Å². The molecule has 0 radical (unpaired) electrons. The number of carbonyl (C=O) groups excluding carboxylic acids is 1. The average Bonchev–Trinajstić information content (AvgIpc) is 2.97. The Hall–Kier alpha value is -3.36. The Balaban J connectivity index is 1.89. The lowest BCUT2D eigenvalue weighted by atomic mass is 9.96. The van der Waals surface area contributed by atoms with Gasteiger partial charge in [0, 0.05) is 25.6 Å². The first-order valence-electron chi connectivity index (χ1n) is 8.24. The highest BCUT2D eigenvalue weighted by Gasteiger charge is 2.37. The van der Waals surface area contributed by atoms with Gasteiger partial charge >= 0.3 is 6.18 Å². The summed E-state index contributed by atoms with van der Waals surface area (Å²) in [4.78, 5) is 23.2. The highest BCUT2D eigenvalue weighted by atomic mass is 19.4. The number of nitro benzene ring substituents is 1. The van der Waals surface area contributed by atoms with Crippen LogP contribution in [-0.2, 0) is 22.1 Å². The van der Waals surface area contributed by atoms with E-state index >= 15 is 0 Å². The predicted molar refractivity (Wildman–Crippen MR) is 94.1 cm³/mol. The van der Waals surface area contributed by atoms with Gasteiger partial charge in [-0.15, -0.1) is 0 Å². The standard InChI is InChI=1S/C19H15F3N2O4/c1-23-18-16(12-5-3-6-13(10-12)19(20,21)22)17(25)15(28-18)9-11-4-2-7-14(8-11)24(26)27/h2-8,10,15,23H,9H2,1H3. The Bertz CT molecular complexity index is 970. The molecule has 9 heteroatoms. The lowest BCUT2D eigenvalue weighted by Crippen LogP contribution is -2.21. The summed E-state index contributed by atoms with van der Waals surface area (Å²) in [7, 11) is 1.49. The fourth-order valence-corrected chi connectivity index (χ4v) is 2.98. The monoisotopic (exact) mass is 392 g/mol. The summed E-state index contributed by atoms with van der Waals surface area (Å²) in [5.41, 5.74) is -0.381. The molecule has 0 fully saturated rings. The molecule has 2 aromatic rings. The van der Waals surface area contributed by atoms with E-state index in [1.54, 1.807) is 6.07 Å². The number of nitrogens with zero attached hydrogens (tertiary/aromatic N) is 1. The van der Waals surface area contributed by atoms with Crippen molar-refractivity contribution in [1.82, 2.24) is 5.32 Å². The minimum Gasteiger partial charge on any atom is -0.467 e. The number of Topliss-reactive ketones (excluding diaryl/α,β-unsaturated/α-hetero) is 1. The second-order valence-electron chi connectivity index (χ2n) is 6.13. The molecule has 0 amide bonds. The molecular formula is C19H15F3N2O4. The van der Waals surface area contributed by atoms with Crippen molar-refractivity contribution in [1.29, 1.82) is 0 Å². The molecule has 0 aliphatic carbocycles. The summed E-state index contributed by atoms with van der Waals surface area (Å²) in [6.07, 6.45) is -5.48. The van der Waals surface area contributed by atoms with Gasteiger partial charge in [-0.1, -0.05) is 24.3 Å². The van der Waals surface area contributed by atoms with Gasteiger partial charge in [0.25, 0.3) is 5.69 Å². The summed E-state index contributed by atoms with van der Waals surface area (Å²) in [6.45, 7) is 0. The number of hydrogen-bond donors (Lipinski definition) is 1. The number of non-ortho nitro benzene ring substituents is 1. The zero-order valence-corrected chi connectivity index (χ0v) is 14.6. The van der Waals surface area contributed by atoms with Crippen LogP contribution in [0.2, 0.25) is 0 Å². The van der Waals surface area contributed by atoms with Gasteiger partial charge in [0.15, 0.2) is 12.0 Å². The zero-order valence-electron chi connectivity index (χ0n) is 14.6. The first kappa shape index (κ1) is 19.4. The maximum absolute atomic E-state index is 13.0. The third-order valence-corrected chi connectivity index (χ3v) is 4.27. The summed E-state index contributed by atoms with van der Waals surface area (Å²) in [6, 6.07) is 10.2. The molecule has 1 N–H and O–H groups in total. The van der Waals surface area contributed by atoms with Crippen LogP contribution in [0.4, 0.5) is 18.9 Å². The van der Waals surface area contributed by atoms with Crippen LogP contribution in [0, 0.1) is 10.1 Å². The van der Waals surface area contributed by atoms with Crippen molar-refractivity contribution in [2.75, 3.05) is 7.05 Å². The van der Waals surface area contributed by atoms with Crippen molar-refractivity contribution < 1.29 is 27.6 Å². The summed E-state index contributed by atoms with van der Waals surface area (Å²) in [5.74, 6) is -0.421. The molecule has 1 aliphatic rings. The van der Waals surface area contributed by atoms with E-state index in [9.17, 15) is 28.1 Å². The van der Waals surface area contributed by atoms with Crippen LogP contribution in [0.25, 0.3) is 5.57 Å². The van der Waals surface area contributed by atoms with E-state index in [0.717, 1.165) is 12.1 Å². The lowest BCUT2D eigenvalue weighted by molar-refractivity contribution is -0.384. The van der Waals surface area contributed by atoms with Gasteiger partial charge in [-0.25, -0.2) is 0 Å². The van der Waals surface area contributed by atoms with Gasteiger partial charge in [0.2, 0.25) is 5.78 Å². The van der Waals surface area contributed by atoms with Crippen LogP contribution in [0.15, 0.2) is 54.4 Å². The van der Waals surface area contributed by atoms with E-state index < -0.39 is 28.6 Å². The van der Waals surface area contributed by atoms with E-state index in [1.165, 1.54) is 37.4 Å². The van der Waals surface area contributed by atoms with E-state index in [1.807, 2.05) is 0 Å². The number of carbonyl (C=O) groups is 1. The number of ether oxygens (including phenoxy) is 1. The van der Waals surface area contributed by atoms with Crippen molar-refractivity contribution in [2.24, 2.45) is 0 Å². The maximum Gasteiger partial charge on any atom is 0.416 e. The van der Waals surface area contributed by atoms with Crippen molar-refractivity contribution >= 4 is 17.0 Å². The Labute approximate surface area is 157 Å². The molecule has 0 saturated heterocycles. The highest BCUT2D eigenvalue weighted by Crippen LogP contribution is 2.35. The number of alkyl halides is 3. The second-order valence-corrected chi connectivity index (χ2v) is 6.13. The summed E-state index contributed by atoms with van der Waals surface area (Å²) >= 11 is 0. The van der Waals surface area contributed by atoms with E-state index in [-0.39, 0.29) is 29.1 Å². The quantitative estimate of drug-likeness (QED) is 0.620. The summed E-state index contributed by atoms with van der Waals surface area (Å²) in [5, 5.41) is 13.6. The molecular weight excluding hydrogens is 377 g/mol. The first-order chi connectivity index (χ1) is 13.2. The largest absolute Gasteiger partial charge is 0.467 e. The molecule has 0 saturated carbocycles. The number of halogens is 3. The fraction of sp³-hybridized carbons (Fsp3) is 0.211. The van der Waals surface area contributed by atoms with Crippen molar-refractivity contribution in [3.63, 3.8) is 0 Å². The van der Waals surface area contributed by atoms with Gasteiger partial charge in [-0.3, -0.25) is 14.9 Å². The highest BCUT2D eigenvalue weighted by molar-refractivity contribution is 6.25. The van der Waals surface area contributed by atoms with E-state index in [4.69, 9.17) is 4.74 Å². The van der Waals surface area contributed by atoms with Crippen LogP contribution in [-0.4, -0.2) is 23.9 Å². The molecule has 6 nitrogen and oxygen atoms in total. The molecule has 2 aromatic carbocycles. The lowest BCUT2D eigenvalue weighted by Gasteiger charge is -2.11. The van der Waals surface area contributed by atoms with Crippen molar-refractivity contribution in [3.8, 4) is 0 Å². The number of nitrogens with one attached hydrogen (secondary N) is 1. The van der Waals surface area contributed by atoms with Crippen molar-refractivity contribution in [2.45, 2.75) is 18.7 Å². The number of hydrogen-bond acceptors (Lipinski definition) is 5. The Morgan fingerprint density at radius 3 is 2.54 bits per heavy atom. The molecule has 28 heavy (non-hydrogen) atoms. The molecule has 0 bridgehead atoms. The third-order valence-electron chi connectivity index (χ3n) is 4.27. The minimum absolute atomic E-state index is 0.0176. The number of nitro groups is 1. The number of ketones is 1. The minimum atomic E-state index is -4.54. The average molecular weight is 392 g/mol. The molecule has 0 aromatic heterocycles. The molecule has 1 aliphatic heterocycles. The molecule has 1 heterocycles. The van der Waals surface area contributed by atoms with Gasteiger partial charge in [-0.05, 0) is 23.3 Å². The first-order valence-corrected chi connectivity index (χ1v) is 8.24. The molecule has 1 unspecified atom stereocenters. The normalized spacial score (nSPS) is 16.9. The zero-order chi connectivity index (χ0) is 20.5. The maximum atomic E-state index is 13.0. The second kappa shape index (κ2) is 7.34. The Morgan fingerprint density at radius 1 is 1.18 bits per heavy atom. The predicted octanol–water partition coefficient (Wildman–Crippen LogP) is 3.71. The van der Waals surface area contributed by atoms with E-state index in [0.29, 0.717) is 5.56 Å². The smallest absolute Gasteiger partial charge is 0.416 e. The van der Waals surface area contributed by atoms with Crippen LogP contribution >= 0.6 is 0 Å². The number of benzene rings is 2. The van der Waals surface area contributed by atoms with Crippen LogP contribution in [0.3, 0.4) is 0 Å². The van der Waals surface area contributed by atoms with Gasteiger partial charge in [0.1, 0.15) is 0 Å². The van der Waals surface area contributed by atoms with Crippen molar-refractivity contribution in [3.05, 3.63) is 81.2 Å². The SMILES string of the molecule is CNC1=C(c2cccc(C(F)(F)F)c2)C(=O)C(Cc2cccc([N+](=O)[O-])c2)O1. The van der Waals surface area contributed by atoms with Crippen LogP contribution in [0.5, 0.6) is 0 Å². The van der Waals surface area contributed by atoms with Gasteiger partial charge < -0.3 is 10.1 Å².